The number of carbonyl (C=O) groups excluding carboxylic acids is 1. The summed E-state index contributed by atoms with van der Waals surface area (Å²) in [4.78, 5) is 38.2. The number of H-pyrrole nitrogens is 1. The van der Waals surface area contributed by atoms with Gasteiger partial charge in [0.1, 0.15) is 0 Å². The summed E-state index contributed by atoms with van der Waals surface area (Å²) in [7, 11) is 1.57. The zero-order valence-corrected chi connectivity index (χ0v) is 11.8. The topological polar surface area (TPSA) is 123 Å². The van der Waals surface area contributed by atoms with Gasteiger partial charge in [-0.15, -0.1) is 0 Å². The average molecular weight is 305 g/mol. The Bertz CT molecular complexity index is 870. The van der Waals surface area contributed by atoms with Gasteiger partial charge in [0.2, 0.25) is 5.91 Å². The minimum Gasteiger partial charge on any atom is -0.398 e. The maximum Gasteiger partial charge on any atom is 0.339 e. The van der Waals surface area contributed by atoms with Crippen LogP contribution in [0.1, 0.15) is 5.56 Å². The zero-order valence-electron chi connectivity index (χ0n) is 11.0. The number of hydrogen-bond donors (Lipinski definition) is 3. The van der Waals surface area contributed by atoms with Gasteiger partial charge in [-0.05, 0) is 29.5 Å². The van der Waals surface area contributed by atoms with Crippen LogP contribution in [-0.4, -0.2) is 20.7 Å². The van der Waals surface area contributed by atoms with E-state index in [1.165, 1.54) is 4.68 Å². The van der Waals surface area contributed by atoms with E-state index in [2.05, 4.69) is 15.4 Å². The molecular formula is C12H11N5O3S. The highest BCUT2D eigenvalue weighted by molar-refractivity contribution is 7.99. The summed E-state index contributed by atoms with van der Waals surface area (Å²) < 4.78 is 1.35. The van der Waals surface area contributed by atoms with Crippen LogP contribution in [0.2, 0.25) is 0 Å². The lowest BCUT2D eigenvalue weighted by Gasteiger charge is -2.09. The molecule has 4 N–H and O–H groups in total. The Balaban J connectivity index is 2.02. The van der Waals surface area contributed by atoms with Crippen molar-refractivity contribution in [3.63, 3.8) is 0 Å². The predicted octanol–water partition coefficient (Wildman–Crippen LogP) is -0.303. The van der Waals surface area contributed by atoms with Crippen LogP contribution in [0.3, 0.4) is 0 Å². The third-order valence-electron chi connectivity index (χ3n) is 3.01. The first-order chi connectivity index (χ1) is 9.94. The minimum atomic E-state index is -0.858. The molecule has 0 atom stereocenters. The lowest BCUT2D eigenvalue weighted by Crippen LogP contribution is -2.33. The zero-order chi connectivity index (χ0) is 15.1. The van der Waals surface area contributed by atoms with E-state index in [-0.39, 0.29) is 5.91 Å². The van der Waals surface area contributed by atoms with Crippen LogP contribution in [0.25, 0.3) is 0 Å². The Labute approximate surface area is 122 Å². The molecule has 2 aromatic rings. The molecule has 0 fully saturated rings. The quantitative estimate of drug-likeness (QED) is 0.517. The van der Waals surface area contributed by atoms with Gasteiger partial charge in [-0.1, -0.05) is 0 Å². The second kappa shape index (κ2) is 4.77. The summed E-state index contributed by atoms with van der Waals surface area (Å²) in [6, 6.07) is 3.46. The predicted molar refractivity (Wildman–Crippen MR) is 77.4 cm³/mol. The molecule has 1 aliphatic rings. The Morgan fingerprint density at radius 3 is 2.86 bits per heavy atom. The van der Waals surface area contributed by atoms with Crippen LogP contribution < -0.4 is 22.2 Å². The molecule has 2 heterocycles. The van der Waals surface area contributed by atoms with Gasteiger partial charge >= 0.3 is 11.1 Å². The summed E-state index contributed by atoms with van der Waals surface area (Å²) in [5.41, 5.74) is 6.34. The fourth-order valence-corrected chi connectivity index (χ4v) is 2.87. The highest BCUT2D eigenvalue weighted by atomic mass is 32.2. The molecule has 1 aromatic heterocycles. The van der Waals surface area contributed by atoms with Crippen molar-refractivity contribution in [1.82, 2.24) is 14.8 Å². The van der Waals surface area contributed by atoms with E-state index >= 15 is 0 Å². The molecule has 0 spiro atoms. The second-order valence-corrected chi connectivity index (χ2v) is 5.58. The number of anilines is 2. The van der Waals surface area contributed by atoms with E-state index in [1.807, 2.05) is 0 Å². The Hall–Kier alpha value is -2.55. The van der Waals surface area contributed by atoms with Crippen molar-refractivity contribution < 1.29 is 4.79 Å². The number of aromatic amines is 1. The normalized spacial score (nSPS) is 13.1. The lowest BCUT2D eigenvalue weighted by atomic mass is 10.1. The lowest BCUT2D eigenvalue weighted by molar-refractivity contribution is -0.115. The van der Waals surface area contributed by atoms with Gasteiger partial charge in [0.15, 0.2) is 5.16 Å². The van der Waals surface area contributed by atoms with Crippen molar-refractivity contribution in [3.05, 3.63) is 38.4 Å². The van der Waals surface area contributed by atoms with Gasteiger partial charge in [0.05, 0.1) is 6.42 Å². The van der Waals surface area contributed by atoms with Crippen molar-refractivity contribution in [2.45, 2.75) is 16.5 Å². The number of nitrogens with two attached hydrogens (primary N) is 1. The van der Waals surface area contributed by atoms with Crippen molar-refractivity contribution in [2.75, 3.05) is 11.1 Å². The Morgan fingerprint density at radius 1 is 1.33 bits per heavy atom. The molecule has 0 aliphatic carbocycles. The number of aromatic nitrogens is 3. The molecule has 1 aromatic carbocycles. The molecule has 21 heavy (non-hydrogen) atoms. The molecule has 0 unspecified atom stereocenters. The molecule has 9 heteroatoms. The maximum atomic E-state index is 11.4. The highest BCUT2D eigenvalue weighted by Crippen LogP contribution is 2.36. The number of nitrogen functional groups attached to an aromatic ring is 1. The molecular weight excluding hydrogens is 294 g/mol. The number of rotatable bonds is 2. The summed E-state index contributed by atoms with van der Waals surface area (Å²) in [6.45, 7) is 0. The number of amides is 1. The summed E-state index contributed by atoms with van der Waals surface area (Å²) in [6.07, 6.45) is 0.305. The number of benzene rings is 1. The van der Waals surface area contributed by atoms with Crippen molar-refractivity contribution in [3.8, 4) is 0 Å². The van der Waals surface area contributed by atoms with E-state index in [0.29, 0.717) is 27.8 Å². The number of nitrogens with one attached hydrogen (secondary N) is 2. The van der Waals surface area contributed by atoms with E-state index in [1.54, 1.807) is 19.2 Å². The van der Waals surface area contributed by atoms with E-state index in [9.17, 15) is 14.4 Å². The molecule has 3 rings (SSSR count). The second-order valence-electron chi connectivity index (χ2n) is 4.57. The van der Waals surface area contributed by atoms with Gasteiger partial charge < -0.3 is 11.1 Å². The first kappa shape index (κ1) is 13.4. The number of aryl methyl sites for hydroxylation is 1. The average Bonchev–Trinajstić information content (AvgIpc) is 2.75. The van der Waals surface area contributed by atoms with Crippen LogP contribution in [-0.2, 0) is 18.3 Å². The molecule has 0 radical (unpaired) electrons. The van der Waals surface area contributed by atoms with Crippen molar-refractivity contribution in [1.29, 1.82) is 0 Å². The molecule has 0 saturated carbocycles. The fourth-order valence-electron chi connectivity index (χ4n) is 2.01. The standard InChI is InChI=1S/C12H11N5O3S/c1-17-12(15-10(19)11(20)16-17)21-8-4-7-5(2-6(8)13)3-9(18)14-7/h2,4H,3,13H2,1H3,(H,14,18)(H,16,20). The third kappa shape index (κ3) is 2.42. The monoisotopic (exact) mass is 305 g/mol. The van der Waals surface area contributed by atoms with Gasteiger partial charge in [0, 0.05) is 23.3 Å². The summed E-state index contributed by atoms with van der Waals surface area (Å²) in [5, 5.41) is 5.39. The van der Waals surface area contributed by atoms with Crippen molar-refractivity contribution in [2.24, 2.45) is 7.05 Å². The molecule has 8 nitrogen and oxygen atoms in total. The number of carbonyl (C=O) groups is 1. The fraction of sp³-hybridized carbons (Fsp3) is 0.167. The van der Waals surface area contributed by atoms with Gasteiger partial charge in [-0.3, -0.25) is 24.2 Å². The molecule has 1 aliphatic heterocycles. The Kier molecular flexibility index (Phi) is 3.05. The SMILES string of the molecule is Cn1[nH]c(=O)c(=O)nc1Sc1cc2c(cc1N)CC(=O)N2. The van der Waals surface area contributed by atoms with Crippen LogP contribution in [0.5, 0.6) is 0 Å². The molecule has 0 bridgehead atoms. The molecule has 0 saturated heterocycles. The molecule has 1 amide bonds. The van der Waals surface area contributed by atoms with Gasteiger partial charge in [-0.2, -0.15) is 4.98 Å². The number of fused-ring (bicyclic) bond motifs is 1. The summed E-state index contributed by atoms with van der Waals surface area (Å²) >= 11 is 1.14. The van der Waals surface area contributed by atoms with Crippen LogP contribution in [0, 0.1) is 0 Å². The van der Waals surface area contributed by atoms with Gasteiger partial charge in [-0.25, -0.2) is 0 Å². The third-order valence-corrected chi connectivity index (χ3v) is 4.13. The number of hydrogen-bond acceptors (Lipinski definition) is 6. The highest BCUT2D eigenvalue weighted by Gasteiger charge is 2.20. The van der Waals surface area contributed by atoms with Gasteiger partial charge in [0.25, 0.3) is 0 Å². The first-order valence-electron chi connectivity index (χ1n) is 6.01. The maximum absolute atomic E-state index is 11.4. The largest absolute Gasteiger partial charge is 0.398 e. The van der Waals surface area contributed by atoms with Crippen LogP contribution >= 0.6 is 11.8 Å². The summed E-state index contributed by atoms with van der Waals surface area (Å²) in [5.74, 6) is -0.0823. The van der Waals surface area contributed by atoms with Crippen molar-refractivity contribution >= 4 is 29.0 Å². The van der Waals surface area contributed by atoms with Crippen LogP contribution in [0.4, 0.5) is 11.4 Å². The molecule has 108 valence electrons. The van der Waals surface area contributed by atoms with E-state index in [4.69, 9.17) is 5.73 Å². The van der Waals surface area contributed by atoms with Crippen LogP contribution in [0.15, 0.2) is 31.8 Å². The van der Waals surface area contributed by atoms with E-state index in [0.717, 1.165) is 17.3 Å². The van der Waals surface area contributed by atoms with E-state index < -0.39 is 11.1 Å². The smallest absolute Gasteiger partial charge is 0.339 e. The number of nitrogens with zero attached hydrogens (tertiary/aromatic N) is 2. The first-order valence-corrected chi connectivity index (χ1v) is 6.83. The Morgan fingerprint density at radius 2 is 2.10 bits per heavy atom. The minimum absolute atomic E-state index is 0.0823.